The molecule has 7 heteroatoms. The lowest BCUT2D eigenvalue weighted by molar-refractivity contribution is 0.384. The van der Waals surface area contributed by atoms with Crippen molar-refractivity contribution in [1.29, 1.82) is 0 Å². The predicted octanol–water partition coefficient (Wildman–Crippen LogP) is 3.10. The minimum absolute atomic E-state index is 0.184. The number of rotatable bonds is 8. The molecule has 0 saturated heterocycles. The fourth-order valence-corrected chi connectivity index (χ4v) is 3.88. The third kappa shape index (κ3) is 4.11. The van der Waals surface area contributed by atoms with Crippen LogP contribution in [0.5, 0.6) is 17.2 Å². The molecule has 0 aromatic heterocycles. The van der Waals surface area contributed by atoms with E-state index in [1.165, 1.54) is 4.31 Å². The highest BCUT2D eigenvalue weighted by Gasteiger charge is 2.23. The molecule has 142 valence electrons. The van der Waals surface area contributed by atoms with Gasteiger partial charge in [-0.15, -0.1) is 0 Å². The smallest absolute Gasteiger partial charge is 0.243 e. The van der Waals surface area contributed by atoms with Crippen LogP contribution in [-0.2, 0) is 23.0 Å². The van der Waals surface area contributed by atoms with Crippen LogP contribution in [0.4, 0.5) is 0 Å². The summed E-state index contributed by atoms with van der Waals surface area (Å²) in [6.45, 7) is 2.14. The van der Waals surface area contributed by atoms with Crippen molar-refractivity contribution in [2.24, 2.45) is 0 Å². The van der Waals surface area contributed by atoms with E-state index in [0.717, 1.165) is 11.1 Å². The average molecular weight is 379 g/mol. The molecule has 0 saturated carbocycles. The SMILES string of the molecule is CCc1cc(S(=O)(=O)N(C)Cc2ccc(OC)cc2OC)ccc1OC. The van der Waals surface area contributed by atoms with Crippen molar-refractivity contribution < 1.29 is 22.6 Å². The fraction of sp³-hybridized carbons (Fsp3) is 0.368. The van der Waals surface area contributed by atoms with Crippen molar-refractivity contribution in [2.45, 2.75) is 24.8 Å². The fourth-order valence-electron chi connectivity index (χ4n) is 2.68. The van der Waals surface area contributed by atoms with Gasteiger partial charge in [0.2, 0.25) is 10.0 Å². The molecular formula is C19H25NO5S. The first-order valence-electron chi connectivity index (χ1n) is 8.21. The molecule has 0 spiro atoms. The van der Waals surface area contributed by atoms with E-state index in [0.29, 0.717) is 23.7 Å². The highest BCUT2D eigenvalue weighted by molar-refractivity contribution is 7.89. The van der Waals surface area contributed by atoms with Gasteiger partial charge in [-0.3, -0.25) is 0 Å². The zero-order valence-corrected chi connectivity index (χ0v) is 16.6. The number of ether oxygens (including phenoxy) is 3. The van der Waals surface area contributed by atoms with Crippen LogP contribution in [0.15, 0.2) is 41.3 Å². The highest BCUT2D eigenvalue weighted by atomic mass is 32.2. The Kier molecular flexibility index (Phi) is 6.50. The molecule has 2 aromatic carbocycles. The maximum Gasteiger partial charge on any atom is 0.243 e. The van der Waals surface area contributed by atoms with Crippen molar-refractivity contribution >= 4 is 10.0 Å². The van der Waals surface area contributed by atoms with Gasteiger partial charge in [-0.05, 0) is 36.2 Å². The van der Waals surface area contributed by atoms with Gasteiger partial charge < -0.3 is 14.2 Å². The second-order valence-electron chi connectivity index (χ2n) is 5.77. The minimum Gasteiger partial charge on any atom is -0.497 e. The summed E-state index contributed by atoms with van der Waals surface area (Å²) >= 11 is 0. The Balaban J connectivity index is 2.32. The molecule has 0 bridgehead atoms. The molecule has 0 aliphatic heterocycles. The van der Waals surface area contributed by atoms with Crippen LogP contribution in [0.3, 0.4) is 0 Å². The average Bonchev–Trinajstić information content (AvgIpc) is 2.67. The molecular weight excluding hydrogens is 354 g/mol. The number of aryl methyl sites for hydroxylation is 1. The van der Waals surface area contributed by atoms with E-state index in [2.05, 4.69) is 0 Å². The Morgan fingerprint density at radius 1 is 0.885 bits per heavy atom. The summed E-state index contributed by atoms with van der Waals surface area (Å²) in [6, 6.07) is 10.2. The van der Waals surface area contributed by atoms with Crippen molar-refractivity contribution in [3.63, 3.8) is 0 Å². The summed E-state index contributed by atoms with van der Waals surface area (Å²) in [4.78, 5) is 0.241. The minimum atomic E-state index is -3.64. The van der Waals surface area contributed by atoms with Crippen molar-refractivity contribution in [3.05, 3.63) is 47.5 Å². The maximum absolute atomic E-state index is 12.9. The topological polar surface area (TPSA) is 65.1 Å². The summed E-state index contributed by atoms with van der Waals surface area (Å²) in [7, 11) is 2.60. The molecule has 0 amide bonds. The summed E-state index contributed by atoms with van der Waals surface area (Å²) in [5.74, 6) is 1.92. The van der Waals surface area contributed by atoms with Crippen molar-refractivity contribution in [1.82, 2.24) is 4.31 Å². The van der Waals surface area contributed by atoms with Gasteiger partial charge >= 0.3 is 0 Å². The molecule has 26 heavy (non-hydrogen) atoms. The van der Waals surface area contributed by atoms with Gasteiger partial charge in [-0.2, -0.15) is 4.31 Å². The molecule has 0 radical (unpaired) electrons. The zero-order valence-electron chi connectivity index (χ0n) is 15.8. The van der Waals surface area contributed by atoms with Gasteiger partial charge in [-0.1, -0.05) is 13.0 Å². The second-order valence-corrected chi connectivity index (χ2v) is 7.81. The van der Waals surface area contributed by atoms with Crippen LogP contribution in [0.25, 0.3) is 0 Å². The van der Waals surface area contributed by atoms with Crippen molar-refractivity contribution in [3.8, 4) is 17.2 Å². The molecule has 0 aliphatic rings. The van der Waals surface area contributed by atoms with Gasteiger partial charge in [0.15, 0.2) is 0 Å². The van der Waals surface area contributed by atoms with Crippen molar-refractivity contribution in [2.75, 3.05) is 28.4 Å². The first kappa shape index (κ1) is 20.1. The maximum atomic E-state index is 12.9. The molecule has 2 aromatic rings. The number of hydrogen-bond donors (Lipinski definition) is 0. The second kappa shape index (κ2) is 8.42. The number of benzene rings is 2. The van der Waals surface area contributed by atoms with Crippen LogP contribution in [-0.4, -0.2) is 41.1 Å². The number of hydrogen-bond acceptors (Lipinski definition) is 5. The summed E-state index contributed by atoms with van der Waals surface area (Å²) in [6.07, 6.45) is 0.683. The normalized spacial score (nSPS) is 11.5. The Morgan fingerprint density at radius 3 is 2.15 bits per heavy atom. The lowest BCUT2D eigenvalue weighted by Crippen LogP contribution is -2.26. The van der Waals surface area contributed by atoms with Gasteiger partial charge in [0.25, 0.3) is 0 Å². The summed E-state index contributed by atoms with van der Waals surface area (Å²) < 4.78 is 43.0. The highest BCUT2D eigenvalue weighted by Crippen LogP contribution is 2.28. The van der Waals surface area contributed by atoms with Crippen LogP contribution in [0.2, 0.25) is 0 Å². The quantitative estimate of drug-likeness (QED) is 0.705. The van der Waals surface area contributed by atoms with Crippen LogP contribution < -0.4 is 14.2 Å². The predicted molar refractivity (Wildman–Crippen MR) is 101 cm³/mol. The van der Waals surface area contributed by atoms with Crippen LogP contribution in [0.1, 0.15) is 18.1 Å². The number of methoxy groups -OCH3 is 3. The van der Waals surface area contributed by atoms with Crippen LogP contribution in [0, 0.1) is 0 Å². The third-order valence-corrected chi connectivity index (χ3v) is 6.03. The monoisotopic (exact) mass is 379 g/mol. The van der Waals surface area contributed by atoms with Gasteiger partial charge in [0, 0.05) is 25.2 Å². The van der Waals surface area contributed by atoms with E-state index in [-0.39, 0.29) is 11.4 Å². The standard InChI is InChI=1S/C19H25NO5S/c1-6-14-11-17(9-10-18(14)24-4)26(21,22)20(2)13-15-7-8-16(23-3)12-19(15)25-5/h7-12H,6,13H2,1-5H3. The van der Waals surface area contributed by atoms with E-state index in [1.54, 1.807) is 64.8 Å². The molecule has 0 unspecified atom stereocenters. The van der Waals surface area contributed by atoms with E-state index >= 15 is 0 Å². The first-order chi connectivity index (χ1) is 12.4. The summed E-state index contributed by atoms with van der Waals surface area (Å²) in [5.41, 5.74) is 1.60. The van der Waals surface area contributed by atoms with E-state index in [9.17, 15) is 8.42 Å². The summed E-state index contributed by atoms with van der Waals surface area (Å²) in [5, 5.41) is 0. The van der Waals surface area contributed by atoms with Gasteiger partial charge in [0.05, 0.1) is 26.2 Å². The lowest BCUT2D eigenvalue weighted by atomic mass is 10.1. The Labute approximate surface area is 155 Å². The molecule has 0 atom stereocenters. The largest absolute Gasteiger partial charge is 0.497 e. The molecule has 0 heterocycles. The van der Waals surface area contributed by atoms with Gasteiger partial charge in [-0.25, -0.2) is 8.42 Å². The van der Waals surface area contributed by atoms with Crippen LogP contribution >= 0.6 is 0 Å². The molecule has 2 rings (SSSR count). The Bertz CT molecular complexity index is 864. The Morgan fingerprint density at radius 2 is 1.58 bits per heavy atom. The molecule has 0 aliphatic carbocycles. The van der Waals surface area contributed by atoms with E-state index in [1.807, 2.05) is 6.92 Å². The van der Waals surface area contributed by atoms with E-state index in [4.69, 9.17) is 14.2 Å². The Hall–Kier alpha value is -2.25. The zero-order chi connectivity index (χ0) is 19.3. The number of nitrogens with zero attached hydrogens (tertiary/aromatic N) is 1. The lowest BCUT2D eigenvalue weighted by Gasteiger charge is -2.20. The first-order valence-corrected chi connectivity index (χ1v) is 9.65. The van der Waals surface area contributed by atoms with E-state index < -0.39 is 10.0 Å². The third-order valence-electron chi connectivity index (χ3n) is 4.23. The number of sulfonamides is 1. The van der Waals surface area contributed by atoms with Gasteiger partial charge in [0.1, 0.15) is 17.2 Å². The molecule has 0 N–H and O–H groups in total. The molecule has 6 nitrogen and oxygen atoms in total. The molecule has 0 fully saturated rings.